The number of aliphatic carboxylic acids is 1. The molecule has 112 valence electrons. The molecule has 1 saturated heterocycles. The van der Waals surface area contributed by atoms with Gasteiger partial charge in [-0.3, -0.25) is 4.79 Å². The number of carboxylic acids is 1. The van der Waals surface area contributed by atoms with Crippen LogP contribution in [0.1, 0.15) is 36.2 Å². The summed E-state index contributed by atoms with van der Waals surface area (Å²) in [4.78, 5) is 25.0. The summed E-state index contributed by atoms with van der Waals surface area (Å²) in [5.74, 6) is 0.0740. The van der Waals surface area contributed by atoms with E-state index in [1.807, 2.05) is 4.90 Å². The van der Waals surface area contributed by atoms with Crippen molar-refractivity contribution < 1.29 is 14.7 Å². The molecule has 1 fully saturated rings. The minimum atomic E-state index is -0.995. The van der Waals surface area contributed by atoms with Gasteiger partial charge in [0, 0.05) is 24.7 Å². The molecule has 0 radical (unpaired) electrons. The highest BCUT2D eigenvalue weighted by atomic mass is 16.4. The molecular formula is C17H21NO3. The van der Waals surface area contributed by atoms with Gasteiger partial charge in [-0.05, 0) is 42.0 Å². The number of carboxylic acid groups (broad SMARTS) is 1. The van der Waals surface area contributed by atoms with Crippen LogP contribution in [0.5, 0.6) is 0 Å². The van der Waals surface area contributed by atoms with Gasteiger partial charge in [0.05, 0.1) is 0 Å². The molecule has 0 aromatic heterocycles. The molecule has 1 N–H and O–H groups in total. The number of rotatable bonds is 3. The van der Waals surface area contributed by atoms with Crippen LogP contribution in [0.15, 0.2) is 30.3 Å². The summed E-state index contributed by atoms with van der Waals surface area (Å²) in [7, 11) is 0. The van der Waals surface area contributed by atoms with Gasteiger partial charge in [-0.1, -0.05) is 26.0 Å². The minimum absolute atomic E-state index is 0.0268. The number of benzene rings is 1. The Balaban J connectivity index is 2.15. The van der Waals surface area contributed by atoms with Gasteiger partial charge in [0.15, 0.2) is 0 Å². The summed E-state index contributed by atoms with van der Waals surface area (Å²) in [5, 5.41) is 8.65. The summed E-state index contributed by atoms with van der Waals surface area (Å²) in [6, 6.07) is 7.10. The zero-order chi connectivity index (χ0) is 15.4. The molecule has 1 aliphatic heterocycles. The standard InChI is InChI=1S/C17H21NO3/c1-12-8-13(2)11-18(10-12)17(21)15-5-3-4-14(9-15)6-7-16(19)20/h3-7,9,12-13H,8,10-11H2,1-2H3,(H,19,20). The second kappa shape index (κ2) is 6.57. The molecule has 4 heteroatoms. The Hall–Kier alpha value is -2.10. The van der Waals surface area contributed by atoms with Crippen LogP contribution < -0.4 is 0 Å². The van der Waals surface area contributed by atoms with Crippen LogP contribution >= 0.6 is 0 Å². The zero-order valence-electron chi connectivity index (χ0n) is 12.5. The van der Waals surface area contributed by atoms with Crippen LogP contribution in [0.3, 0.4) is 0 Å². The summed E-state index contributed by atoms with van der Waals surface area (Å²) in [5.41, 5.74) is 1.34. The van der Waals surface area contributed by atoms with Gasteiger partial charge >= 0.3 is 5.97 Å². The summed E-state index contributed by atoms with van der Waals surface area (Å²) in [6.07, 6.45) is 3.74. The molecule has 0 saturated carbocycles. The number of hydrogen-bond acceptors (Lipinski definition) is 2. The fourth-order valence-corrected chi connectivity index (χ4v) is 2.95. The van der Waals surface area contributed by atoms with Crippen LogP contribution in [0.2, 0.25) is 0 Å². The molecule has 0 bridgehead atoms. The summed E-state index contributed by atoms with van der Waals surface area (Å²) in [6.45, 7) is 5.92. The first-order valence-electron chi connectivity index (χ1n) is 7.26. The molecule has 2 rings (SSSR count). The average molecular weight is 287 g/mol. The first kappa shape index (κ1) is 15.3. The van der Waals surface area contributed by atoms with Crippen LogP contribution in [0, 0.1) is 11.8 Å². The monoisotopic (exact) mass is 287 g/mol. The van der Waals surface area contributed by atoms with Crippen LogP contribution in [-0.4, -0.2) is 35.0 Å². The molecular weight excluding hydrogens is 266 g/mol. The lowest BCUT2D eigenvalue weighted by Gasteiger charge is -2.35. The average Bonchev–Trinajstić information content (AvgIpc) is 2.43. The first-order valence-corrected chi connectivity index (χ1v) is 7.26. The van der Waals surface area contributed by atoms with E-state index in [0.717, 1.165) is 31.1 Å². The van der Waals surface area contributed by atoms with E-state index in [2.05, 4.69) is 13.8 Å². The van der Waals surface area contributed by atoms with Crippen LogP contribution in [-0.2, 0) is 4.79 Å². The maximum Gasteiger partial charge on any atom is 0.328 e. The molecule has 2 atom stereocenters. The Morgan fingerprint density at radius 1 is 1.24 bits per heavy atom. The van der Waals surface area contributed by atoms with E-state index < -0.39 is 5.97 Å². The number of carbonyl (C=O) groups excluding carboxylic acids is 1. The lowest BCUT2D eigenvalue weighted by molar-refractivity contribution is -0.131. The molecule has 1 aromatic rings. The van der Waals surface area contributed by atoms with E-state index in [-0.39, 0.29) is 5.91 Å². The van der Waals surface area contributed by atoms with Crippen LogP contribution in [0.25, 0.3) is 6.08 Å². The highest BCUT2D eigenvalue weighted by Crippen LogP contribution is 2.22. The Morgan fingerprint density at radius 2 is 1.90 bits per heavy atom. The molecule has 0 spiro atoms. The predicted octanol–water partition coefficient (Wildman–Crippen LogP) is 2.90. The largest absolute Gasteiger partial charge is 0.478 e. The number of likely N-dealkylation sites (tertiary alicyclic amines) is 1. The Bertz CT molecular complexity index is 555. The van der Waals surface area contributed by atoms with E-state index in [0.29, 0.717) is 17.4 Å². The molecule has 21 heavy (non-hydrogen) atoms. The van der Waals surface area contributed by atoms with Gasteiger partial charge in [0.25, 0.3) is 5.91 Å². The number of nitrogens with zero attached hydrogens (tertiary/aromatic N) is 1. The molecule has 1 amide bonds. The Labute approximate surface area is 125 Å². The van der Waals surface area contributed by atoms with Gasteiger partial charge in [-0.15, -0.1) is 0 Å². The fraction of sp³-hybridized carbons (Fsp3) is 0.412. The number of hydrogen-bond donors (Lipinski definition) is 1. The maximum atomic E-state index is 12.6. The number of carbonyl (C=O) groups is 2. The van der Waals surface area contributed by atoms with Gasteiger partial charge in [-0.25, -0.2) is 4.79 Å². The number of piperidine rings is 1. The van der Waals surface area contributed by atoms with Crippen molar-refractivity contribution in [2.24, 2.45) is 11.8 Å². The smallest absolute Gasteiger partial charge is 0.328 e. The Kier molecular flexibility index (Phi) is 4.78. The number of amides is 1. The predicted molar refractivity (Wildman–Crippen MR) is 82.0 cm³/mol. The third-order valence-corrected chi connectivity index (χ3v) is 3.71. The second-order valence-electron chi connectivity index (χ2n) is 5.95. The van der Waals surface area contributed by atoms with Gasteiger partial charge in [-0.2, -0.15) is 0 Å². The van der Waals surface area contributed by atoms with Crippen molar-refractivity contribution in [1.29, 1.82) is 0 Å². The molecule has 0 aliphatic carbocycles. The van der Waals surface area contributed by atoms with Crippen molar-refractivity contribution in [2.75, 3.05) is 13.1 Å². The maximum absolute atomic E-state index is 12.6. The van der Waals surface area contributed by atoms with Crippen molar-refractivity contribution in [2.45, 2.75) is 20.3 Å². The van der Waals surface area contributed by atoms with E-state index in [9.17, 15) is 9.59 Å². The first-order chi connectivity index (χ1) is 9.95. The third-order valence-electron chi connectivity index (χ3n) is 3.71. The zero-order valence-corrected chi connectivity index (χ0v) is 12.5. The van der Waals surface area contributed by atoms with Crippen molar-refractivity contribution in [3.8, 4) is 0 Å². The quantitative estimate of drug-likeness (QED) is 0.870. The van der Waals surface area contributed by atoms with E-state index in [1.165, 1.54) is 6.08 Å². The second-order valence-corrected chi connectivity index (χ2v) is 5.95. The SMILES string of the molecule is CC1CC(C)CN(C(=O)c2cccc(C=CC(=O)O)c2)C1. The lowest BCUT2D eigenvalue weighted by atomic mass is 9.91. The van der Waals surface area contributed by atoms with Crippen molar-refractivity contribution in [1.82, 2.24) is 4.90 Å². The van der Waals surface area contributed by atoms with Gasteiger partial charge in [0.2, 0.25) is 0 Å². The molecule has 2 unspecified atom stereocenters. The van der Waals surface area contributed by atoms with E-state index >= 15 is 0 Å². The van der Waals surface area contributed by atoms with E-state index in [4.69, 9.17) is 5.11 Å². The fourth-order valence-electron chi connectivity index (χ4n) is 2.95. The molecule has 1 aromatic carbocycles. The minimum Gasteiger partial charge on any atom is -0.478 e. The summed E-state index contributed by atoms with van der Waals surface area (Å²) >= 11 is 0. The van der Waals surface area contributed by atoms with Gasteiger partial charge < -0.3 is 10.0 Å². The third kappa shape index (κ3) is 4.18. The molecule has 1 heterocycles. The van der Waals surface area contributed by atoms with Crippen molar-refractivity contribution in [3.63, 3.8) is 0 Å². The Morgan fingerprint density at radius 3 is 2.52 bits per heavy atom. The normalized spacial score (nSPS) is 22.5. The van der Waals surface area contributed by atoms with Crippen molar-refractivity contribution >= 4 is 18.0 Å². The van der Waals surface area contributed by atoms with Crippen molar-refractivity contribution in [3.05, 3.63) is 41.5 Å². The highest BCUT2D eigenvalue weighted by molar-refractivity contribution is 5.95. The lowest BCUT2D eigenvalue weighted by Crippen LogP contribution is -2.42. The van der Waals surface area contributed by atoms with Gasteiger partial charge in [0.1, 0.15) is 0 Å². The molecule has 4 nitrogen and oxygen atoms in total. The van der Waals surface area contributed by atoms with E-state index in [1.54, 1.807) is 24.3 Å². The van der Waals surface area contributed by atoms with Crippen LogP contribution in [0.4, 0.5) is 0 Å². The highest BCUT2D eigenvalue weighted by Gasteiger charge is 2.26. The topological polar surface area (TPSA) is 57.6 Å². The molecule has 1 aliphatic rings. The summed E-state index contributed by atoms with van der Waals surface area (Å²) < 4.78 is 0.